The number of anilines is 1. The third-order valence-corrected chi connectivity index (χ3v) is 3.25. The minimum Gasteiger partial charge on any atom is -0.263 e. The molecule has 1 aromatic carbocycles. The number of hydrogen-bond donors (Lipinski definition) is 0. The quantitative estimate of drug-likeness (QED) is 0.717. The average molecular weight is 223 g/mol. The second kappa shape index (κ2) is 4.79. The van der Waals surface area contributed by atoms with E-state index in [9.17, 15) is 8.42 Å². The lowest BCUT2D eigenvalue weighted by molar-refractivity contribution is 0.601. The summed E-state index contributed by atoms with van der Waals surface area (Å²) in [5.41, 5.74) is 0.609. The molecule has 0 radical (unpaired) electrons. The molecule has 1 aromatic rings. The molecule has 0 heterocycles. The van der Waals surface area contributed by atoms with E-state index in [0.717, 1.165) is 5.41 Å². The summed E-state index contributed by atoms with van der Waals surface area (Å²) in [6.45, 7) is 7.06. The third-order valence-electron chi connectivity index (χ3n) is 1.86. The Hall–Kier alpha value is -1.55. The Morgan fingerprint density at radius 2 is 1.80 bits per heavy atom. The summed E-state index contributed by atoms with van der Waals surface area (Å²) in [5.74, 6) is 0. The van der Waals surface area contributed by atoms with Gasteiger partial charge in [0.2, 0.25) is 0 Å². The summed E-state index contributed by atoms with van der Waals surface area (Å²) >= 11 is 0. The van der Waals surface area contributed by atoms with Crippen LogP contribution in [0.25, 0.3) is 0 Å². The molecule has 1 rings (SSSR count). The number of benzene rings is 1. The molecule has 0 saturated heterocycles. The summed E-state index contributed by atoms with van der Waals surface area (Å²) < 4.78 is 24.5. The molecular formula is C11H13NO2S. The van der Waals surface area contributed by atoms with Crippen molar-refractivity contribution in [2.45, 2.75) is 0 Å². The van der Waals surface area contributed by atoms with Crippen molar-refractivity contribution in [3.05, 3.63) is 55.0 Å². The van der Waals surface area contributed by atoms with E-state index in [1.54, 1.807) is 24.3 Å². The van der Waals surface area contributed by atoms with Gasteiger partial charge in [-0.1, -0.05) is 30.9 Å². The highest BCUT2D eigenvalue weighted by Crippen LogP contribution is 2.17. The number of rotatable bonds is 5. The highest BCUT2D eigenvalue weighted by atomic mass is 32.2. The standard InChI is InChI=1S/C11H13NO2S/c1-3-10-12(15(13,14)4-2)11-8-6-5-7-9-11/h3-9H,1-2,10H2. The lowest BCUT2D eigenvalue weighted by Gasteiger charge is -2.20. The van der Waals surface area contributed by atoms with Crippen molar-refractivity contribution in [3.8, 4) is 0 Å². The maximum Gasteiger partial charge on any atom is 0.257 e. The normalized spacial score (nSPS) is 10.7. The Bertz CT molecular complexity index is 437. The highest BCUT2D eigenvalue weighted by molar-refractivity contribution is 7.95. The number of para-hydroxylation sites is 1. The van der Waals surface area contributed by atoms with Crippen LogP contribution in [0.5, 0.6) is 0 Å². The smallest absolute Gasteiger partial charge is 0.257 e. The van der Waals surface area contributed by atoms with E-state index in [1.807, 2.05) is 6.07 Å². The molecule has 0 atom stereocenters. The second-order valence-electron chi connectivity index (χ2n) is 2.87. The maximum absolute atomic E-state index is 11.6. The lowest BCUT2D eigenvalue weighted by Crippen LogP contribution is -2.28. The Labute approximate surface area is 90.4 Å². The van der Waals surface area contributed by atoms with E-state index in [-0.39, 0.29) is 6.54 Å². The Morgan fingerprint density at radius 1 is 1.20 bits per heavy atom. The van der Waals surface area contributed by atoms with Gasteiger partial charge in [-0.05, 0) is 12.1 Å². The molecule has 0 aliphatic carbocycles. The Balaban J connectivity index is 3.15. The number of sulfonamides is 1. The van der Waals surface area contributed by atoms with Crippen LogP contribution in [0.4, 0.5) is 5.69 Å². The lowest BCUT2D eigenvalue weighted by atomic mass is 10.3. The van der Waals surface area contributed by atoms with Gasteiger partial charge >= 0.3 is 0 Å². The van der Waals surface area contributed by atoms with E-state index >= 15 is 0 Å². The van der Waals surface area contributed by atoms with E-state index in [0.29, 0.717) is 5.69 Å². The first kappa shape index (κ1) is 11.5. The van der Waals surface area contributed by atoms with Crippen molar-refractivity contribution in [2.24, 2.45) is 0 Å². The highest BCUT2D eigenvalue weighted by Gasteiger charge is 2.16. The van der Waals surface area contributed by atoms with Gasteiger partial charge in [-0.2, -0.15) is 0 Å². The predicted octanol–water partition coefficient (Wildman–Crippen LogP) is 2.15. The van der Waals surface area contributed by atoms with Crippen molar-refractivity contribution in [1.29, 1.82) is 0 Å². The first-order chi connectivity index (χ1) is 7.11. The van der Waals surface area contributed by atoms with Crippen LogP contribution in [0.1, 0.15) is 0 Å². The van der Waals surface area contributed by atoms with Crippen LogP contribution in [0.15, 0.2) is 55.0 Å². The van der Waals surface area contributed by atoms with Gasteiger partial charge in [0.25, 0.3) is 10.0 Å². The molecule has 3 nitrogen and oxygen atoms in total. The molecular weight excluding hydrogens is 210 g/mol. The van der Waals surface area contributed by atoms with Gasteiger partial charge in [0, 0.05) is 5.41 Å². The minimum absolute atomic E-state index is 0.234. The molecule has 0 fully saturated rings. The monoisotopic (exact) mass is 223 g/mol. The van der Waals surface area contributed by atoms with Gasteiger partial charge in [0.1, 0.15) is 0 Å². The fraction of sp³-hybridized carbons (Fsp3) is 0.0909. The summed E-state index contributed by atoms with van der Waals surface area (Å²) in [6, 6.07) is 8.85. The summed E-state index contributed by atoms with van der Waals surface area (Å²) in [4.78, 5) is 0. The van der Waals surface area contributed by atoms with Gasteiger partial charge in [-0.15, -0.1) is 6.58 Å². The maximum atomic E-state index is 11.6. The fourth-order valence-corrected chi connectivity index (χ4v) is 2.07. The van der Waals surface area contributed by atoms with Crippen LogP contribution in [0.3, 0.4) is 0 Å². The van der Waals surface area contributed by atoms with Crippen LogP contribution in [0, 0.1) is 0 Å². The summed E-state index contributed by atoms with van der Waals surface area (Å²) in [7, 11) is -3.45. The van der Waals surface area contributed by atoms with Gasteiger partial charge in [-0.3, -0.25) is 4.31 Å². The number of nitrogens with zero attached hydrogens (tertiary/aromatic N) is 1. The van der Waals surface area contributed by atoms with Crippen LogP contribution in [-0.4, -0.2) is 15.0 Å². The van der Waals surface area contributed by atoms with Gasteiger partial charge in [0.05, 0.1) is 12.2 Å². The average Bonchev–Trinajstić information content (AvgIpc) is 2.27. The van der Waals surface area contributed by atoms with E-state index in [1.165, 1.54) is 10.4 Å². The largest absolute Gasteiger partial charge is 0.263 e. The van der Waals surface area contributed by atoms with Crippen molar-refractivity contribution in [3.63, 3.8) is 0 Å². The zero-order chi connectivity index (χ0) is 11.3. The van der Waals surface area contributed by atoms with E-state index < -0.39 is 10.0 Å². The molecule has 15 heavy (non-hydrogen) atoms. The van der Waals surface area contributed by atoms with E-state index in [2.05, 4.69) is 13.2 Å². The van der Waals surface area contributed by atoms with E-state index in [4.69, 9.17) is 0 Å². The van der Waals surface area contributed by atoms with Crippen molar-refractivity contribution in [1.82, 2.24) is 0 Å². The molecule has 0 amide bonds. The minimum atomic E-state index is -3.45. The molecule has 0 aliphatic heterocycles. The molecule has 0 aliphatic rings. The van der Waals surface area contributed by atoms with Gasteiger partial charge in [-0.25, -0.2) is 8.42 Å². The molecule has 0 spiro atoms. The Morgan fingerprint density at radius 3 is 2.27 bits per heavy atom. The first-order valence-corrected chi connectivity index (χ1v) is 5.93. The third kappa shape index (κ3) is 2.70. The van der Waals surface area contributed by atoms with Crippen LogP contribution in [-0.2, 0) is 10.0 Å². The van der Waals surface area contributed by atoms with Gasteiger partial charge < -0.3 is 0 Å². The van der Waals surface area contributed by atoms with Crippen LogP contribution in [0.2, 0.25) is 0 Å². The Kier molecular flexibility index (Phi) is 3.68. The van der Waals surface area contributed by atoms with Crippen LogP contribution >= 0.6 is 0 Å². The number of hydrogen-bond acceptors (Lipinski definition) is 2. The van der Waals surface area contributed by atoms with Gasteiger partial charge in [0.15, 0.2) is 0 Å². The van der Waals surface area contributed by atoms with Crippen molar-refractivity contribution < 1.29 is 8.42 Å². The molecule has 0 aromatic heterocycles. The molecule has 0 unspecified atom stereocenters. The molecule has 0 bridgehead atoms. The fourth-order valence-electron chi connectivity index (χ4n) is 1.16. The molecule has 4 heteroatoms. The summed E-state index contributed by atoms with van der Waals surface area (Å²) in [5, 5.41) is 0.934. The molecule has 0 N–H and O–H groups in total. The molecule has 0 saturated carbocycles. The molecule has 80 valence electrons. The topological polar surface area (TPSA) is 37.4 Å². The zero-order valence-corrected chi connectivity index (χ0v) is 9.15. The second-order valence-corrected chi connectivity index (χ2v) is 4.67. The van der Waals surface area contributed by atoms with Crippen LogP contribution < -0.4 is 4.31 Å². The predicted molar refractivity (Wildman–Crippen MR) is 63.1 cm³/mol. The SMILES string of the molecule is C=CCN(c1ccccc1)S(=O)(=O)C=C. The van der Waals surface area contributed by atoms with Crippen molar-refractivity contribution >= 4 is 15.7 Å². The first-order valence-electron chi connectivity index (χ1n) is 4.43. The van der Waals surface area contributed by atoms with Crippen molar-refractivity contribution in [2.75, 3.05) is 10.8 Å². The summed E-state index contributed by atoms with van der Waals surface area (Å²) in [6.07, 6.45) is 1.54. The zero-order valence-electron chi connectivity index (χ0n) is 8.33.